The van der Waals surface area contributed by atoms with Crippen molar-refractivity contribution in [2.75, 3.05) is 0 Å². The number of hydrogen-bond donors (Lipinski definition) is 2. The van der Waals surface area contributed by atoms with Crippen LogP contribution < -0.4 is 5.73 Å². The molecule has 0 amide bonds. The summed E-state index contributed by atoms with van der Waals surface area (Å²) < 4.78 is 0. The molecule has 1 aromatic rings. The summed E-state index contributed by atoms with van der Waals surface area (Å²) in [6.45, 7) is 6.28. The zero-order valence-electron chi connectivity index (χ0n) is 8.54. The van der Waals surface area contributed by atoms with Gasteiger partial charge in [0.1, 0.15) is 5.82 Å². The Morgan fingerprint density at radius 2 is 2.08 bits per heavy atom. The molecule has 3 N–H and O–H groups in total. The van der Waals surface area contributed by atoms with E-state index in [2.05, 4.69) is 29.0 Å². The van der Waals surface area contributed by atoms with E-state index in [0.717, 1.165) is 18.7 Å². The number of aromatic nitrogens is 3. The molecule has 0 saturated carbocycles. The van der Waals surface area contributed by atoms with Crippen molar-refractivity contribution in [3.63, 3.8) is 0 Å². The van der Waals surface area contributed by atoms with Crippen LogP contribution in [0, 0.1) is 5.92 Å². The number of hydrogen-bond acceptors (Lipinski definition) is 3. The number of nitrogens with zero attached hydrogens (tertiary/aromatic N) is 2. The minimum absolute atomic E-state index is 0.0796. The maximum atomic E-state index is 5.64. The summed E-state index contributed by atoms with van der Waals surface area (Å²) in [5.41, 5.74) is 5.64. The molecular formula is C9H18N4. The second-order valence-corrected chi connectivity index (χ2v) is 3.86. The van der Waals surface area contributed by atoms with E-state index in [1.54, 1.807) is 0 Å². The molecule has 1 unspecified atom stereocenters. The first kappa shape index (κ1) is 10.2. The number of rotatable bonds is 4. The molecular weight excluding hydrogens is 164 g/mol. The standard InChI is InChI=1S/C9H18N4/c1-6(2)4-5-8-11-9(7(3)10)13-12-8/h6-7H,4-5,10H2,1-3H3,(H,11,12,13). The highest BCUT2D eigenvalue weighted by molar-refractivity contribution is 4.94. The van der Waals surface area contributed by atoms with E-state index in [1.165, 1.54) is 0 Å². The number of nitrogens with two attached hydrogens (primary N) is 1. The summed E-state index contributed by atoms with van der Waals surface area (Å²) in [6, 6.07) is -0.0796. The Morgan fingerprint density at radius 3 is 2.54 bits per heavy atom. The van der Waals surface area contributed by atoms with Gasteiger partial charge in [-0.05, 0) is 19.3 Å². The molecule has 74 valence electrons. The average Bonchev–Trinajstić information content (AvgIpc) is 2.48. The van der Waals surface area contributed by atoms with E-state index in [9.17, 15) is 0 Å². The minimum Gasteiger partial charge on any atom is -0.321 e. The van der Waals surface area contributed by atoms with Crippen molar-refractivity contribution in [1.29, 1.82) is 0 Å². The van der Waals surface area contributed by atoms with Crippen LogP contribution in [0.2, 0.25) is 0 Å². The van der Waals surface area contributed by atoms with Crippen LogP contribution in [0.15, 0.2) is 0 Å². The van der Waals surface area contributed by atoms with Crippen molar-refractivity contribution in [3.05, 3.63) is 11.6 Å². The van der Waals surface area contributed by atoms with E-state index in [4.69, 9.17) is 5.73 Å². The van der Waals surface area contributed by atoms with Gasteiger partial charge in [0, 0.05) is 6.42 Å². The fourth-order valence-corrected chi connectivity index (χ4v) is 1.05. The summed E-state index contributed by atoms with van der Waals surface area (Å²) >= 11 is 0. The van der Waals surface area contributed by atoms with Gasteiger partial charge in [-0.2, -0.15) is 5.10 Å². The Bertz CT molecular complexity index is 252. The summed E-state index contributed by atoms with van der Waals surface area (Å²) in [7, 11) is 0. The summed E-state index contributed by atoms with van der Waals surface area (Å²) in [5, 5.41) is 6.93. The Morgan fingerprint density at radius 1 is 1.38 bits per heavy atom. The van der Waals surface area contributed by atoms with Gasteiger partial charge < -0.3 is 5.73 Å². The molecule has 1 aromatic heterocycles. The van der Waals surface area contributed by atoms with Gasteiger partial charge in [-0.25, -0.2) is 4.98 Å². The molecule has 0 bridgehead atoms. The third kappa shape index (κ3) is 3.14. The molecule has 0 aliphatic rings. The third-order valence-electron chi connectivity index (χ3n) is 1.91. The van der Waals surface area contributed by atoms with Gasteiger partial charge in [0.25, 0.3) is 0 Å². The average molecular weight is 182 g/mol. The van der Waals surface area contributed by atoms with Crippen LogP contribution in [0.4, 0.5) is 0 Å². The van der Waals surface area contributed by atoms with E-state index in [1.807, 2.05) is 6.92 Å². The molecule has 1 atom stereocenters. The van der Waals surface area contributed by atoms with Crippen LogP contribution in [0.25, 0.3) is 0 Å². The van der Waals surface area contributed by atoms with Crippen molar-refractivity contribution in [2.45, 2.75) is 39.7 Å². The molecule has 1 rings (SSSR count). The predicted octanol–water partition coefficient (Wildman–Crippen LogP) is 1.41. The van der Waals surface area contributed by atoms with Gasteiger partial charge in [-0.15, -0.1) is 0 Å². The summed E-state index contributed by atoms with van der Waals surface area (Å²) in [6.07, 6.45) is 2.09. The van der Waals surface area contributed by atoms with Crippen LogP contribution in [-0.2, 0) is 6.42 Å². The third-order valence-corrected chi connectivity index (χ3v) is 1.91. The minimum atomic E-state index is -0.0796. The largest absolute Gasteiger partial charge is 0.321 e. The highest BCUT2D eigenvalue weighted by Gasteiger charge is 2.07. The Hall–Kier alpha value is -0.900. The maximum Gasteiger partial charge on any atom is 0.167 e. The predicted molar refractivity (Wildman–Crippen MR) is 52.1 cm³/mol. The van der Waals surface area contributed by atoms with Crippen LogP contribution in [0.3, 0.4) is 0 Å². The molecule has 1 heterocycles. The topological polar surface area (TPSA) is 67.6 Å². The Kier molecular flexibility index (Phi) is 3.42. The Labute approximate surface area is 78.9 Å². The highest BCUT2D eigenvalue weighted by atomic mass is 15.2. The molecule has 4 heteroatoms. The molecule has 0 aliphatic heterocycles. The first-order valence-electron chi connectivity index (χ1n) is 4.76. The lowest BCUT2D eigenvalue weighted by Gasteiger charge is -2.00. The van der Waals surface area contributed by atoms with E-state index < -0.39 is 0 Å². The van der Waals surface area contributed by atoms with Crippen LogP contribution >= 0.6 is 0 Å². The van der Waals surface area contributed by atoms with Gasteiger partial charge >= 0.3 is 0 Å². The molecule has 0 fully saturated rings. The zero-order chi connectivity index (χ0) is 9.84. The van der Waals surface area contributed by atoms with Gasteiger partial charge in [0.05, 0.1) is 6.04 Å². The first-order valence-corrected chi connectivity index (χ1v) is 4.76. The second-order valence-electron chi connectivity index (χ2n) is 3.86. The first-order chi connectivity index (χ1) is 6.09. The number of nitrogens with one attached hydrogen (secondary N) is 1. The highest BCUT2D eigenvalue weighted by Crippen LogP contribution is 2.07. The molecule has 0 saturated heterocycles. The monoisotopic (exact) mass is 182 g/mol. The van der Waals surface area contributed by atoms with E-state index in [-0.39, 0.29) is 6.04 Å². The second kappa shape index (κ2) is 4.37. The van der Waals surface area contributed by atoms with Gasteiger partial charge in [0.15, 0.2) is 5.82 Å². The summed E-state index contributed by atoms with van der Waals surface area (Å²) in [5.74, 6) is 2.35. The van der Waals surface area contributed by atoms with Crippen LogP contribution in [-0.4, -0.2) is 15.2 Å². The lowest BCUT2D eigenvalue weighted by Crippen LogP contribution is -2.06. The number of aryl methyl sites for hydroxylation is 1. The van der Waals surface area contributed by atoms with Crippen molar-refractivity contribution in [1.82, 2.24) is 15.2 Å². The fourth-order valence-electron chi connectivity index (χ4n) is 1.05. The summed E-state index contributed by atoms with van der Waals surface area (Å²) in [4.78, 5) is 4.29. The lowest BCUT2D eigenvalue weighted by molar-refractivity contribution is 0.575. The molecule has 4 nitrogen and oxygen atoms in total. The molecule has 0 spiro atoms. The smallest absolute Gasteiger partial charge is 0.167 e. The van der Waals surface area contributed by atoms with E-state index >= 15 is 0 Å². The van der Waals surface area contributed by atoms with Crippen molar-refractivity contribution < 1.29 is 0 Å². The Balaban J connectivity index is 2.49. The van der Waals surface area contributed by atoms with E-state index in [0.29, 0.717) is 11.7 Å². The van der Waals surface area contributed by atoms with Crippen molar-refractivity contribution >= 4 is 0 Å². The maximum absolute atomic E-state index is 5.64. The van der Waals surface area contributed by atoms with Crippen LogP contribution in [0.5, 0.6) is 0 Å². The molecule has 13 heavy (non-hydrogen) atoms. The van der Waals surface area contributed by atoms with Gasteiger partial charge in [0.2, 0.25) is 0 Å². The normalized spacial score (nSPS) is 13.6. The fraction of sp³-hybridized carbons (Fsp3) is 0.778. The quantitative estimate of drug-likeness (QED) is 0.739. The van der Waals surface area contributed by atoms with Crippen LogP contribution in [0.1, 0.15) is 44.9 Å². The van der Waals surface area contributed by atoms with Crippen molar-refractivity contribution in [3.8, 4) is 0 Å². The lowest BCUT2D eigenvalue weighted by atomic mass is 10.1. The number of H-pyrrole nitrogens is 1. The molecule has 0 aromatic carbocycles. The molecule has 0 aliphatic carbocycles. The van der Waals surface area contributed by atoms with Gasteiger partial charge in [-0.1, -0.05) is 13.8 Å². The number of aromatic amines is 1. The zero-order valence-corrected chi connectivity index (χ0v) is 8.54. The van der Waals surface area contributed by atoms with Crippen molar-refractivity contribution in [2.24, 2.45) is 11.7 Å². The van der Waals surface area contributed by atoms with Gasteiger partial charge in [-0.3, -0.25) is 5.10 Å². The molecule has 0 radical (unpaired) electrons. The SMILES string of the molecule is CC(C)CCc1nc(C(C)N)n[nH]1.